The molecule has 1 heterocycles. The second-order valence-corrected chi connectivity index (χ2v) is 5.32. The Morgan fingerprint density at radius 3 is 2.53 bits per heavy atom. The van der Waals surface area contributed by atoms with E-state index in [1.165, 1.54) is 12.8 Å². The topological polar surface area (TPSA) is 70.1 Å². The lowest BCUT2D eigenvalue weighted by molar-refractivity contribution is 0.213. The third-order valence-corrected chi connectivity index (χ3v) is 3.93. The fourth-order valence-corrected chi connectivity index (χ4v) is 2.85. The molecule has 1 aliphatic rings. The van der Waals surface area contributed by atoms with Crippen LogP contribution in [0, 0.1) is 0 Å². The highest BCUT2D eigenvalue weighted by molar-refractivity contribution is 5.58. The molecule has 0 saturated heterocycles. The maximum Gasteiger partial charge on any atom is 0.135 e. The van der Waals surface area contributed by atoms with E-state index in [1.807, 2.05) is 7.05 Å². The number of aromatic nitrogens is 2. The molecule has 19 heavy (non-hydrogen) atoms. The first-order valence-electron chi connectivity index (χ1n) is 7.15. The standard InChI is InChI=1S/C14H24N4O/c1-3-6-11-12(15-2)16-10-17-13(11)18-14(9-19)7-4-5-8-14/h10,19H,3-9H2,1-2H3,(H2,15,16,17,18). The van der Waals surface area contributed by atoms with Crippen molar-refractivity contribution in [3.05, 3.63) is 11.9 Å². The van der Waals surface area contributed by atoms with E-state index in [0.717, 1.165) is 42.9 Å². The molecule has 0 atom stereocenters. The van der Waals surface area contributed by atoms with Gasteiger partial charge in [-0.1, -0.05) is 26.2 Å². The summed E-state index contributed by atoms with van der Waals surface area (Å²) in [5.41, 5.74) is 0.925. The van der Waals surface area contributed by atoms with Crippen LogP contribution in [-0.2, 0) is 6.42 Å². The van der Waals surface area contributed by atoms with E-state index in [4.69, 9.17) is 0 Å². The van der Waals surface area contributed by atoms with Gasteiger partial charge in [0, 0.05) is 12.6 Å². The van der Waals surface area contributed by atoms with Crippen LogP contribution in [0.25, 0.3) is 0 Å². The first kappa shape index (κ1) is 14.1. The Morgan fingerprint density at radius 1 is 1.26 bits per heavy atom. The molecule has 0 unspecified atom stereocenters. The summed E-state index contributed by atoms with van der Waals surface area (Å²) >= 11 is 0. The maximum absolute atomic E-state index is 9.70. The highest BCUT2D eigenvalue weighted by Gasteiger charge is 2.34. The Balaban J connectivity index is 2.28. The fourth-order valence-electron chi connectivity index (χ4n) is 2.85. The lowest BCUT2D eigenvalue weighted by atomic mass is 9.98. The normalized spacial score (nSPS) is 17.4. The highest BCUT2D eigenvalue weighted by atomic mass is 16.3. The molecule has 0 bridgehead atoms. The lowest BCUT2D eigenvalue weighted by Gasteiger charge is -2.30. The van der Waals surface area contributed by atoms with Crippen molar-refractivity contribution >= 4 is 11.6 Å². The van der Waals surface area contributed by atoms with Gasteiger partial charge in [0.25, 0.3) is 0 Å². The van der Waals surface area contributed by atoms with Crippen molar-refractivity contribution in [2.75, 3.05) is 24.3 Å². The summed E-state index contributed by atoms with van der Waals surface area (Å²) in [5.74, 6) is 1.75. The van der Waals surface area contributed by atoms with Crippen molar-refractivity contribution in [1.29, 1.82) is 0 Å². The number of nitrogens with one attached hydrogen (secondary N) is 2. The summed E-state index contributed by atoms with van der Waals surface area (Å²) in [4.78, 5) is 8.66. The number of rotatable bonds is 6. The van der Waals surface area contributed by atoms with Crippen molar-refractivity contribution in [3.63, 3.8) is 0 Å². The molecule has 2 rings (SSSR count). The number of hydrogen-bond acceptors (Lipinski definition) is 5. The number of hydrogen-bond donors (Lipinski definition) is 3. The van der Waals surface area contributed by atoms with Gasteiger partial charge in [-0.3, -0.25) is 0 Å². The largest absolute Gasteiger partial charge is 0.394 e. The summed E-state index contributed by atoms with van der Waals surface area (Å²) in [6, 6.07) is 0. The molecule has 1 aliphatic carbocycles. The molecule has 1 aromatic heterocycles. The smallest absolute Gasteiger partial charge is 0.135 e. The SMILES string of the molecule is CCCc1c(NC)ncnc1NC1(CO)CCCC1. The summed E-state index contributed by atoms with van der Waals surface area (Å²) in [6.45, 7) is 2.31. The van der Waals surface area contributed by atoms with Gasteiger partial charge >= 0.3 is 0 Å². The highest BCUT2D eigenvalue weighted by Crippen LogP contribution is 2.34. The molecule has 3 N–H and O–H groups in total. The number of anilines is 2. The van der Waals surface area contributed by atoms with Crippen LogP contribution >= 0.6 is 0 Å². The quantitative estimate of drug-likeness (QED) is 0.734. The van der Waals surface area contributed by atoms with Crippen LogP contribution in [0.4, 0.5) is 11.6 Å². The minimum absolute atomic E-state index is 0.164. The zero-order valence-corrected chi connectivity index (χ0v) is 11.9. The summed E-state index contributed by atoms with van der Waals surface area (Å²) in [5, 5.41) is 16.3. The second-order valence-electron chi connectivity index (χ2n) is 5.32. The van der Waals surface area contributed by atoms with Crippen LogP contribution in [0.1, 0.15) is 44.6 Å². The van der Waals surface area contributed by atoms with Gasteiger partial charge in [-0.2, -0.15) is 0 Å². The van der Waals surface area contributed by atoms with E-state index < -0.39 is 0 Å². The maximum atomic E-state index is 9.70. The average molecular weight is 264 g/mol. The predicted octanol–water partition coefficient (Wildman–Crippen LogP) is 2.19. The fraction of sp³-hybridized carbons (Fsp3) is 0.714. The molecule has 5 heteroatoms. The van der Waals surface area contributed by atoms with Crippen LogP contribution in [0.3, 0.4) is 0 Å². The van der Waals surface area contributed by atoms with Gasteiger partial charge in [0.15, 0.2) is 0 Å². The Labute approximate surface area is 114 Å². The van der Waals surface area contributed by atoms with Gasteiger partial charge in [0.2, 0.25) is 0 Å². The number of aliphatic hydroxyl groups is 1. The molecular weight excluding hydrogens is 240 g/mol. The summed E-state index contributed by atoms with van der Waals surface area (Å²) in [7, 11) is 1.88. The van der Waals surface area contributed by atoms with Crippen molar-refractivity contribution in [2.24, 2.45) is 0 Å². The molecule has 5 nitrogen and oxygen atoms in total. The monoisotopic (exact) mass is 264 g/mol. The van der Waals surface area contributed by atoms with Crippen molar-refractivity contribution in [3.8, 4) is 0 Å². The minimum Gasteiger partial charge on any atom is -0.394 e. The zero-order valence-electron chi connectivity index (χ0n) is 11.9. The van der Waals surface area contributed by atoms with Gasteiger partial charge in [-0.15, -0.1) is 0 Å². The zero-order chi connectivity index (χ0) is 13.7. The summed E-state index contributed by atoms with van der Waals surface area (Å²) in [6.07, 6.45) is 7.90. The Bertz CT molecular complexity index is 416. The van der Waals surface area contributed by atoms with E-state index in [2.05, 4.69) is 27.5 Å². The number of nitrogens with zero attached hydrogens (tertiary/aromatic N) is 2. The van der Waals surface area contributed by atoms with Crippen LogP contribution < -0.4 is 10.6 Å². The van der Waals surface area contributed by atoms with Crippen molar-refractivity contribution in [1.82, 2.24) is 9.97 Å². The van der Waals surface area contributed by atoms with Crippen LogP contribution in [0.2, 0.25) is 0 Å². The molecule has 0 spiro atoms. The Hall–Kier alpha value is -1.36. The van der Waals surface area contributed by atoms with Gasteiger partial charge < -0.3 is 15.7 Å². The van der Waals surface area contributed by atoms with Crippen molar-refractivity contribution in [2.45, 2.75) is 51.0 Å². The Morgan fingerprint density at radius 2 is 1.95 bits per heavy atom. The molecule has 0 radical (unpaired) electrons. The van der Waals surface area contributed by atoms with E-state index in [9.17, 15) is 5.11 Å². The van der Waals surface area contributed by atoms with Gasteiger partial charge in [-0.25, -0.2) is 9.97 Å². The van der Waals surface area contributed by atoms with Crippen LogP contribution in [0.15, 0.2) is 6.33 Å². The second kappa shape index (κ2) is 6.19. The van der Waals surface area contributed by atoms with Gasteiger partial charge in [-0.05, 0) is 19.3 Å². The van der Waals surface area contributed by atoms with Crippen LogP contribution in [-0.4, -0.2) is 34.3 Å². The molecule has 1 aromatic rings. The molecule has 0 amide bonds. The van der Waals surface area contributed by atoms with E-state index in [-0.39, 0.29) is 12.1 Å². The Kier molecular flexibility index (Phi) is 4.58. The van der Waals surface area contributed by atoms with Gasteiger partial charge in [0.05, 0.1) is 12.1 Å². The third kappa shape index (κ3) is 2.97. The van der Waals surface area contributed by atoms with Gasteiger partial charge in [0.1, 0.15) is 18.0 Å². The average Bonchev–Trinajstić information content (AvgIpc) is 2.90. The number of aliphatic hydroxyl groups excluding tert-OH is 1. The molecule has 0 aromatic carbocycles. The van der Waals surface area contributed by atoms with E-state index >= 15 is 0 Å². The molecule has 106 valence electrons. The van der Waals surface area contributed by atoms with Crippen LogP contribution in [0.5, 0.6) is 0 Å². The molecule has 1 fully saturated rings. The first-order valence-corrected chi connectivity index (χ1v) is 7.15. The minimum atomic E-state index is -0.193. The molecular formula is C14H24N4O. The summed E-state index contributed by atoms with van der Waals surface area (Å²) < 4.78 is 0. The van der Waals surface area contributed by atoms with E-state index in [0.29, 0.717) is 0 Å². The molecule has 0 aliphatic heterocycles. The first-order chi connectivity index (χ1) is 9.24. The van der Waals surface area contributed by atoms with E-state index in [1.54, 1.807) is 6.33 Å². The molecule has 1 saturated carbocycles. The lowest BCUT2D eigenvalue weighted by Crippen LogP contribution is -2.39. The van der Waals surface area contributed by atoms with Crippen molar-refractivity contribution < 1.29 is 5.11 Å². The predicted molar refractivity (Wildman–Crippen MR) is 77.5 cm³/mol. The third-order valence-electron chi connectivity index (χ3n) is 3.93.